The molecule has 0 radical (unpaired) electrons. The minimum absolute atomic E-state index is 0.00226. The van der Waals surface area contributed by atoms with Crippen molar-refractivity contribution >= 4 is 58.1 Å². The summed E-state index contributed by atoms with van der Waals surface area (Å²) in [5.41, 5.74) is 16.6. The molecular formula is C42H67N11O7. The lowest BCUT2D eigenvalue weighted by molar-refractivity contribution is -0.134. The smallest absolute Gasteiger partial charge is 0.271 e. The third kappa shape index (κ3) is 16.4. The molecule has 0 fully saturated rings. The number of benzene rings is 1. The first-order valence-electron chi connectivity index (χ1n) is 20.8. The average Bonchev–Trinajstić information content (AvgIpc) is 3.19. The Morgan fingerprint density at radius 2 is 1.22 bits per heavy atom. The lowest BCUT2D eigenvalue weighted by Crippen LogP contribution is -2.58. The van der Waals surface area contributed by atoms with Crippen LogP contribution in [0.1, 0.15) is 104 Å². The number of primary amides is 1. The van der Waals surface area contributed by atoms with E-state index >= 15 is 0 Å². The molecule has 0 unspecified atom stereocenters. The Balaban J connectivity index is 2.23. The lowest BCUT2D eigenvalue weighted by atomic mass is 9.96. The summed E-state index contributed by atoms with van der Waals surface area (Å²) in [6.45, 7) is 14.4. The molecule has 0 saturated carbocycles. The van der Waals surface area contributed by atoms with Crippen LogP contribution >= 0.6 is 0 Å². The van der Waals surface area contributed by atoms with Gasteiger partial charge in [0.25, 0.3) is 5.91 Å². The number of hydrogen-bond acceptors (Lipinski definition) is 9. The summed E-state index contributed by atoms with van der Waals surface area (Å²) in [6.07, 6.45) is 3.42. The summed E-state index contributed by atoms with van der Waals surface area (Å²) in [5.74, 6) is -5.29. The van der Waals surface area contributed by atoms with Crippen molar-refractivity contribution in [1.29, 1.82) is 0 Å². The molecule has 2 aromatic rings. The quantitative estimate of drug-likeness (QED) is 0.0390. The van der Waals surface area contributed by atoms with E-state index < -0.39 is 78.1 Å². The fourth-order valence-corrected chi connectivity index (χ4v) is 6.44. The van der Waals surface area contributed by atoms with Gasteiger partial charge in [-0.1, -0.05) is 92.5 Å². The molecule has 2 rings (SSSR count). The van der Waals surface area contributed by atoms with Crippen molar-refractivity contribution in [1.82, 2.24) is 36.9 Å². The summed E-state index contributed by atoms with van der Waals surface area (Å²) in [5, 5.41) is 17.6. The monoisotopic (exact) mass is 838 g/mol. The van der Waals surface area contributed by atoms with Gasteiger partial charge in [-0.2, -0.15) is 0 Å². The number of amides is 7. The van der Waals surface area contributed by atoms with Crippen molar-refractivity contribution in [3.63, 3.8) is 0 Å². The number of hydrogen-bond donors (Lipinski definition) is 9. The molecule has 0 aliphatic carbocycles. The van der Waals surface area contributed by atoms with E-state index in [1.165, 1.54) is 6.20 Å². The Labute approximate surface area is 353 Å². The van der Waals surface area contributed by atoms with Crippen LogP contribution in [0.2, 0.25) is 0 Å². The van der Waals surface area contributed by atoms with Crippen LogP contribution < -0.4 is 49.1 Å². The van der Waals surface area contributed by atoms with E-state index in [-0.39, 0.29) is 67.6 Å². The first-order valence-corrected chi connectivity index (χ1v) is 20.8. The zero-order valence-corrected chi connectivity index (χ0v) is 36.3. The van der Waals surface area contributed by atoms with Crippen LogP contribution in [0.15, 0.2) is 41.5 Å². The van der Waals surface area contributed by atoms with Crippen LogP contribution in [0, 0.1) is 23.7 Å². The van der Waals surface area contributed by atoms with Crippen LogP contribution in [-0.4, -0.2) is 95.6 Å². The number of aliphatic imine (C=N–C) groups is 1. The molecule has 60 heavy (non-hydrogen) atoms. The Bertz CT molecular complexity index is 1810. The molecule has 12 N–H and O–H groups in total. The maximum atomic E-state index is 13.8. The molecule has 0 aliphatic rings. The first-order chi connectivity index (χ1) is 28.3. The van der Waals surface area contributed by atoms with Gasteiger partial charge in [-0.3, -0.25) is 43.5 Å². The highest BCUT2D eigenvalue weighted by molar-refractivity contribution is 6.06. The molecule has 7 atom stereocenters. The maximum Gasteiger partial charge on any atom is 0.271 e. The van der Waals surface area contributed by atoms with Gasteiger partial charge in [-0.15, -0.1) is 0 Å². The maximum absolute atomic E-state index is 13.8. The second-order valence-corrected chi connectivity index (χ2v) is 16.2. The van der Waals surface area contributed by atoms with Crippen molar-refractivity contribution < 1.29 is 33.6 Å². The van der Waals surface area contributed by atoms with Crippen molar-refractivity contribution in [3.05, 3.63) is 42.2 Å². The highest BCUT2D eigenvalue weighted by Gasteiger charge is 2.33. The standard InChI is InChI=1S/C42H67N11O7/c1-9-25(7)33(36(43)55)52-38(57)30(20-23(3)4)50-37(56)29(16-13-18-47-42(44)45)49-32(54)22-48-40(59)34(26(8)10-2)53-39(58)31(21-24(5)6)51-41(60)35-28-15-12-11-14-27(28)17-19-46-35/h11-12,14-15,17,19,23-26,29-31,33-34H,9-10,13,16,18,20-22H2,1-8H3,(H2,43,55)(H,48,59)(H,49,54)(H,50,56)(H,51,60)(H,52,57)(H,53,58)(H4,44,45,47)/t25-,26-,29-,30-,31-,33-,34-/m0/s1. The largest absolute Gasteiger partial charge is 0.370 e. The molecular weight excluding hydrogens is 771 g/mol. The van der Waals surface area contributed by atoms with Crippen LogP contribution in [0.25, 0.3) is 10.8 Å². The molecule has 0 aliphatic heterocycles. The number of nitrogens with zero attached hydrogens (tertiary/aromatic N) is 2. The highest BCUT2D eigenvalue weighted by atomic mass is 16.2. The Hall–Kier alpha value is -5.81. The van der Waals surface area contributed by atoms with E-state index in [1.54, 1.807) is 32.0 Å². The van der Waals surface area contributed by atoms with Gasteiger partial charge in [-0.25, -0.2) is 0 Å². The van der Waals surface area contributed by atoms with Gasteiger partial charge in [0.05, 0.1) is 6.54 Å². The van der Waals surface area contributed by atoms with Crippen LogP contribution in [0.3, 0.4) is 0 Å². The first kappa shape index (κ1) is 50.3. The Morgan fingerprint density at radius 3 is 1.78 bits per heavy atom. The summed E-state index contributed by atoms with van der Waals surface area (Å²) in [6, 6.07) is 3.78. The van der Waals surface area contributed by atoms with E-state index in [0.717, 1.165) is 5.39 Å². The second kappa shape index (κ2) is 25.0. The number of guanidine groups is 1. The summed E-state index contributed by atoms with van der Waals surface area (Å²) >= 11 is 0. The molecule has 18 nitrogen and oxygen atoms in total. The van der Waals surface area contributed by atoms with E-state index in [9.17, 15) is 33.6 Å². The van der Waals surface area contributed by atoms with E-state index in [1.807, 2.05) is 53.7 Å². The summed E-state index contributed by atoms with van der Waals surface area (Å²) in [7, 11) is 0. The number of nitrogens with two attached hydrogens (primary N) is 3. The number of nitrogens with one attached hydrogen (secondary N) is 6. The molecule has 7 amide bonds. The van der Waals surface area contributed by atoms with Gasteiger partial charge in [0, 0.05) is 18.1 Å². The molecule has 18 heteroatoms. The van der Waals surface area contributed by atoms with Crippen molar-refractivity contribution in [2.45, 2.75) is 124 Å². The number of carbonyl (C=O) groups is 7. The van der Waals surface area contributed by atoms with E-state index in [4.69, 9.17) is 17.2 Å². The van der Waals surface area contributed by atoms with Gasteiger partial charge in [0.15, 0.2) is 5.96 Å². The van der Waals surface area contributed by atoms with Gasteiger partial charge in [-0.05, 0) is 60.8 Å². The molecule has 0 saturated heterocycles. The minimum Gasteiger partial charge on any atom is -0.370 e. The van der Waals surface area contributed by atoms with Crippen molar-refractivity contribution in [2.24, 2.45) is 45.9 Å². The Kier molecular flexibility index (Phi) is 20.9. The van der Waals surface area contributed by atoms with Gasteiger partial charge in [0.1, 0.15) is 35.9 Å². The fraction of sp³-hybridized carbons (Fsp3) is 0.595. The number of carbonyl (C=O) groups excluding carboxylic acids is 7. The van der Waals surface area contributed by atoms with Crippen molar-refractivity contribution in [2.75, 3.05) is 13.1 Å². The zero-order chi connectivity index (χ0) is 45.1. The van der Waals surface area contributed by atoms with Crippen LogP contribution in [0.4, 0.5) is 0 Å². The molecule has 0 bridgehead atoms. The predicted molar refractivity (Wildman–Crippen MR) is 231 cm³/mol. The lowest BCUT2D eigenvalue weighted by Gasteiger charge is -2.28. The second-order valence-electron chi connectivity index (χ2n) is 16.2. The number of rotatable bonds is 25. The summed E-state index contributed by atoms with van der Waals surface area (Å²) in [4.78, 5) is 102. The SMILES string of the molecule is CC[C@H](C)[C@H](NC(=O)[C@H](CC(C)C)NC(=O)[C@H](CCCN=C(N)N)NC(=O)CNC(=O)[C@@H](NC(=O)[C@H](CC(C)C)NC(=O)c1nccc2ccccc12)[C@@H](C)CC)C(N)=O. The van der Waals surface area contributed by atoms with E-state index in [2.05, 4.69) is 41.9 Å². The molecule has 1 aromatic carbocycles. The molecule has 1 aromatic heterocycles. The Morgan fingerprint density at radius 1 is 0.667 bits per heavy atom. The highest BCUT2D eigenvalue weighted by Crippen LogP contribution is 2.18. The van der Waals surface area contributed by atoms with Crippen LogP contribution in [0.5, 0.6) is 0 Å². The topological polar surface area (TPSA) is 295 Å². The third-order valence-corrected chi connectivity index (χ3v) is 10.2. The fourth-order valence-electron chi connectivity index (χ4n) is 6.44. The van der Waals surface area contributed by atoms with E-state index in [0.29, 0.717) is 18.2 Å². The number of pyridine rings is 1. The third-order valence-electron chi connectivity index (χ3n) is 10.2. The van der Waals surface area contributed by atoms with Crippen LogP contribution in [-0.2, 0) is 28.8 Å². The predicted octanol–water partition coefficient (Wildman–Crippen LogP) is 1.11. The van der Waals surface area contributed by atoms with Gasteiger partial charge in [0.2, 0.25) is 35.4 Å². The number of aromatic nitrogens is 1. The number of fused-ring (bicyclic) bond motifs is 1. The summed E-state index contributed by atoms with van der Waals surface area (Å²) < 4.78 is 0. The molecule has 332 valence electrons. The average molecular weight is 838 g/mol. The zero-order valence-electron chi connectivity index (χ0n) is 36.3. The molecule has 1 heterocycles. The molecule has 0 spiro atoms. The normalized spacial score (nSPS) is 14.7. The van der Waals surface area contributed by atoms with Crippen molar-refractivity contribution in [3.8, 4) is 0 Å². The minimum atomic E-state index is -1.17. The van der Waals surface area contributed by atoms with Gasteiger partial charge >= 0.3 is 0 Å². The van der Waals surface area contributed by atoms with Gasteiger partial charge < -0.3 is 49.1 Å².